The molecule has 1 aliphatic heterocycles. The van der Waals surface area contributed by atoms with E-state index in [0.717, 1.165) is 19.6 Å². The van der Waals surface area contributed by atoms with Crippen molar-refractivity contribution in [2.45, 2.75) is 58.0 Å². The second kappa shape index (κ2) is 5.68. The van der Waals surface area contributed by atoms with Gasteiger partial charge in [0, 0.05) is 31.7 Å². The van der Waals surface area contributed by atoms with E-state index in [1.54, 1.807) is 0 Å². The van der Waals surface area contributed by atoms with E-state index in [1.165, 1.54) is 32.1 Å². The van der Waals surface area contributed by atoms with E-state index in [4.69, 9.17) is 0 Å². The molecule has 0 aromatic rings. The van der Waals surface area contributed by atoms with Crippen molar-refractivity contribution in [2.24, 2.45) is 5.41 Å². The summed E-state index contributed by atoms with van der Waals surface area (Å²) in [5, 5.41) is 13.1. The lowest BCUT2D eigenvalue weighted by Crippen LogP contribution is -2.50. The maximum atomic E-state index is 9.61. The molecule has 17 heavy (non-hydrogen) atoms. The van der Waals surface area contributed by atoms with Gasteiger partial charge in [0.05, 0.1) is 6.61 Å². The molecule has 2 aliphatic rings. The van der Waals surface area contributed by atoms with Crippen molar-refractivity contribution in [2.75, 3.05) is 26.2 Å². The van der Waals surface area contributed by atoms with Gasteiger partial charge in [-0.2, -0.15) is 0 Å². The Labute approximate surface area is 106 Å². The summed E-state index contributed by atoms with van der Waals surface area (Å²) in [4.78, 5) is 2.60. The topological polar surface area (TPSA) is 35.5 Å². The van der Waals surface area contributed by atoms with Gasteiger partial charge in [-0.25, -0.2) is 0 Å². The average Bonchev–Trinajstić information content (AvgIpc) is 2.48. The molecule has 0 aromatic carbocycles. The zero-order chi connectivity index (χ0) is 12.3. The van der Waals surface area contributed by atoms with E-state index in [2.05, 4.69) is 24.1 Å². The third-order valence-electron chi connectivity index (χ3n) is 4.32. The van der Waals surface area contributed by atoms with Gasteiger partial charge in [0.25, 0.3) is 0 Å². The van der Waals surface area contributed by atoms with Gasteiger partial charge in [-0.15, -0.1) is 0 Å². The summed E-state index contributed by atoms with van der Waals surface area (Å²) in [7, 11) is 0. The van der Waals surface area contributed by atoms with Crippen molar-refractivity contribution in [3.63, 3.8) is 0 Å². The summed E-state index contributed by atoms with van der Waals surface area (Å²) in [6.45, 7) is 8.07. The van der Waals surface area contributed by atoms with Crippen molar-refractivity contribution in [3.05, 3.63) is 0 Å². The van der Waals surface area contributed by atoms with Crippen LogP contribution in [0, 0.1) is 5.41 Å². The minimum Gasteiger partial charge on any atom is -0.395 e. The minimum absolute atomic E-state index is 0.291. The van der Waals surface area contributed by atoms with Crippen molar-refractivity contribution in [1.29, 1.82) is 0 Å². The minimum atomic E-state index is 0.291. The van der Waals surface area contributed by atoms with Crippen LogP contribution in [0.5, 0.6) is 0 Å². The summed E-state index contributed by atoms with van der Waals surface area (Å²) in [6, 6.07) is 1.03. The van der Waals surface area contributed by atoms with Crippen molar-refractivity contribution >= 4 is 0 Å². The van der Waals surface area contributed by atoms with Crippen LogP contribution in [0.2, 0.25) is 0 Å². The van der Waals surface area contributed by atoms with Crippen LogP contribution in [0.25, 0.3) is 0 Å². The lowest BCUT2D eigenvalue weighted by atomic mass is 9.89. The highest BCUT2D eigenvalue weighted by molar-refractivity contribution is 4.90. The highest BCUT2D eigenvalue weighted by Gasteiger charge is 2.34. The van der Waals surface area contributed by atoms with Gasteiger partial charge in [-0.1, -0.05) is 33.1 Å². The van der Waals surface area contributed by atoms with E-state index in [9.17, 15) is 5.11 Å². The normalized spacial score (nSPS) is 32.3. The first kappa shape index (κ1) is 13.3. The van der Waals surface area contributed by atoms with Crippen molar-refractivity contribution < 1.29 is 5.11 Å². The molecule has 0 bridgehead atoms. The lowest BCUT2D eigenvalue weighted by Gasteiger charge is -2.41. The predicted molar refractivity (Wildman–Crippen MR) is 71.1 cm³/mol. The first-order chi connectivity index (χ1) is 8.12. The zero-order valence-electron chi connectivity index (χ0n) is 11.4. The maximum Gasteiger partial charge on any atom is 0.0599 e. The highest BCUT2D eigenvalue weighted by Crippen LogP contribution is 2.29. The summed E-state index contributed by atoms with van der Waals surface area (Å²) in [6.07, 6.45) is 6.79. The molecule has 1 unspecified atom stereocenters. The van der Waals surface area contributed by atoms with E-state index < -0.39 is 0 Å². The number of aliphatic hydroxyl groups excluding tert-OH is 1. The molecule has 0 amide bonds. The Bertz CT molecular complexity index is 236. The summed E-state index contributed by atoms with van der Waals surface area (Å²) >= 11 is 0. The number of aliphatic hydroxyl groups is 1. The zero-order valence-corrected chi connectivity index (χ0v) is 11.4. The van der Waals surface area contributed by atoms with E-state index >= 15 is 0 Å². The molecule has 1 atom stereocenters. The van der Waals surface area contributed by atoms with Gasteiger partial charge in [0.15, 0.2) is 0 Å². The van der Waals surface area contributed by atoms with E-state index in [0.29, 0.717) is 24.1 Å². The Hall–Kier alpha value is -0.120. The van der Waals surface area contributed by atoms with Crippen LogP contribution in [-0.2, 0) is 0 Å². The molecule has 100 valence electrons. The molecule has 2 fully saturated rings. The van der Waals surface area contributed by atoms with Crippen molar-refractivity contribution in [3.8, 4) is 0 Å². The molecule has 1 saturated carbocycles. The Balaban J connectivity index is 2.07. The average molecular weight is 240 g/mol. The first-order valence-corrected chi connectivity index (χ1v) is 7.20. The fourth-order valence-corrected chi connectivity index (χ4v) is 3.38. The van der Waals surface area contributed by atoms with Gasteiger partial charge in [0.1, 0.15) is 0 Å². The van der Waals surface area contributed by atoms with Crippen LogP contribution in [0.15, 0.2) is 0 Å². The number of nitrogens with zero attached hydrogens (tertiary/aromatic N) is 1. The third-order valence-corrected chi connectivity index (χ3v) is 4.32. The molecular weight excluding hydrogens is 212 g/mol. The SMILES string of the molecule is CC1(C)CNCC(CO)N(C2CCCCC2)C1. The molecule has 0 aromatic heterocycles. The smallest absolute Gasteiger partial charge is 0.0599 e. The highest BCUT2D eigenvalue weighted by atomic mass is 16.3. The largest absolute Gasteiger partial charge is 0.395 e. The monoisotopic (exact) mass is 240 g/mol. The maximum absolute atomic E-state index is 9.61. The molecule has 0 spiro atoms. The second-order valence-corrected chi connectivity index (χ2v) is 6.60. The van der Waals surface area contributed by atoms with Gasteiger partial charge in [-0.3, -0.25) is 4.90 Å². The molecule has 1 heterocycles. The molecular formula is C14H28N2O. The third kappa shape index (κ3) is 3.43. The Morgan fingerprint density at radius 1 is 1.24 bits per heavy atom. The van der Waals surface area contributed by atoms with Crippen LogP contribution >= 0.6 is 0 Å². The van der Waals surface area contributed by atoms with E-state index in [1.807, 2.05) is 0 Å². The lowest BCUT2D eigenvalue weighted by molar-refractivity contribution is 0.0509. The summed E-state index contributed by atoms with van der Waals surface area (Å²) in [5.74, 6) is 0. The molecule has 2 N–H and O–H groups in total. The molecule has 0 radical (unpaired) electrons. The molecule has 2 rings (SSSR count). The van der Waals surface area contributed by atoms with Crippen LogP contribution in [0.4, 0.5) is 0 Å². The van der Waals surface area contributed by atoms with Crippen LogP contribution in [0.1, 0.15) is 46.0 Å². The number of hydrogen-bond donors (Lipinski definition) is 2. The van der Waals surface area contributed by atoms with E-state index in [-0.39, 0.29) is 0 Å². The number of rotatable bonds is 2. The van der Waals surface area contributed by atoms with Gasteiger partial charge in [0.2, 0.25) is 0 Å². The fourth-order valence-electron chi connectivity index (χ4n) is 3.38. The van der Waals surface area contributed by atoms with Gasteiger partial charge >= 0.3 is 0 Å². The number of hydrogen-bond acceptors (Lipinski definition) is 3. The number of nitrogens with one attached hydrogen (secondary N) is 1. The van der Waals surface area contributed by atoms with Crippen LogP contribution in [-0.4, -0.2) is 48.3 Å². The predicted octanol–water partition coefficient (Wildman–Crippen LogP) is 1.61. The first-order valence-electron chi connectivity index (χ1n) is 7.20. The molecule has 3 nitrogen and oxygen atoms in total. The van der Waals surface area contributed by atoms with Gasteiger partial charge < -0.3 is 10.4 Å². The summed E-state index contributed by atoms with van der Waals surface area (Å²) < 4.78 is 0. The standard InChI is InChI=1S/C14H28N2O/c1-14(2)10-15-8-13(9-17)16(11-14)12-6-4-3-5-7-12/h12-13,15,17H,3-11H2,1-2H3. The summed E-state index contributed by atoms with van der Waals surface area (Å²) in [5.41, 5.74) is 0.321. The fraction of sp³-hybridized carbons (Fsp3) is 1.00. The second-order valence-electron chi connectivity index (χ2n) is 6.60. The Kier molecular flexibility index (Phi) is 4.45. The van der Waals surface area contributed by atoms with Crippen LogP contribution in [0.3, 0.4) is 0 Å². The van der Waals surface area contributed by atoms with Gasteiger partial charge in [-0.05, 0) is 18.3 Å². The quantitative estimate of drug-likeness (QED) is 0.770. The molecule has 1 saturated heterocycles. The Morgan fingerprint density at radius 2 is 1.94 bits per heavy atom. The molecule has 1 aliphatic carbocycles. The van der Waals surface area contributed by atoms with Crippen molar-refractivity contribution in [1.82, 2.24) is 10.2 Å². The van der Waals surface area contributed by atoms with Crippen LogP contribution < -0.4 is 5.32 Å². The molecule has 3 heteroatoms. The Morgan fingerprint density at radius 3 is 2.59 bits per heavy atom.